The molecule has 2 heterocycles. The van der Waals surface area contributed by atoms with E-state index < -0.39 is 0 Å². The molecule has 3 unspecified atom stereocenters. The van der Waals surface area contributed by atoms with Gasteiger partial charge in [0.05, 0.1) is 25.2 Å². The van der Waals surface area contributed by atoms with E-state index in [4.69, 9.17) is 9.47 Å². The lowest BCUT2D eigenvalue weighted by Crippen LogP contribution is -2.25. The number of rotatable bonds is 3. The van der Waals surface area contributed by atoms with Crippen LogP contribution in [0.1, 0.15) is 29.6 Å². The predicted octanol–water partition coefficient (Wildman–Crippen LogP) is 2.45. The second-order valence-electron chi connectivity index (χ2n) is 4.81. The van der Waals surface area contributed by atoms with Crippen molar-refractivity contribution in [2.24, 2.45) is 5.92 Å². The molecular formula is C14H16O3. The molecule has 3 heteroatoms. The van der Waals surface area contributed by atoms with Gasteiger partial charge in [-0.3, -0.25) is 4.79 Å². The lowest BCUT2D eigenvalue weighted by Gasteiger charge is -2.17. The van der Waals surface area contributed by atoms with E-state index in [0.717, 1.165) is 30.6 Å². The Morgan fingerprint density at radius 1 is 1.41 bits per heavy atom. The van der Waals surface area contributed by atoms with E-state index in [9.17, 15) is 4.79 Å². The second kappa shape index (κ2) is 4.15. The van der Waals surface area contributed by atoms with Gasteiger partial charge in [0.25, 0.3) is 0 Å². The number of methoxy groups -OCH3 is 1. The number of benzene rings is 1. The van der Waals surface area contributed by atoms with E-state index in [1.807, 2.05) is 24.3 Å². The van der Waals surface area contributed by atoms with Crippen LogP contribution >= 0.6 is 0 Å². The van der Waals surface area contributed by atoms with Crippen molar-refractivity contribution in [2.75, 3.05) is 7.11 Å². The highest BCUT2D eigenvalue weighted by Crippen LogP contribution is 2.40. The summed E-state index contributed by atoms with van der Waals surface area (Å²) >= 11 is 0. The quantitative estimate of drug-likeness (QED) is 0.751. The fraction of sp³-hybridized carbons (Fsp3) is 0.500. The van der Waals surface area contributed by atoms with Gasteiger partial charge in [-0.25, -0.2) is 0 Å². The van der Waals surface area contributed by atoms with Crippen molar-refractivity contribution in [2.45, 2.75) is 31.5 Å². The van der Waals surface area contributed by atoms with Crippen molar-refractivity contribution in [1.82, 2.24) is 0 Å². The Morgan fingerprint density at radius 2 is 2.29 bits per heavy atom. The van der Waals surface area contributed by atoms with Crippen molar-refractivity contribution in [1.29, 1.82) is 0 Å². The maximum Gasteiger partial charge on any atom is 0.168 e. The summed E-state index contributed by atoms with van der Waals surface area (Å²) in [7, 11) is 1.62. The number of ketones is 1. The van der Waals surface area contributed by atoms with Crippen molar-refractivity contribution < 1.29 is 14.3 Å². The zero-order valence-electron chi connectivity index (χ0n) is 9.89. The van der Waals surface area contributed by atoms with E-state index in [2.05, 4.69) is 0 Å². The maximum atomic E-state index is 12.4. The summed E-state index contributed by atoms with van der Waals surface area (Å²) in [6.07, 6.45) is 3.51. The molecule has 90 valence electrons. The molecule has 0 radical (unpaired) electrons. The van der Waals surface area contributed by atoms with Gasteiger partial charge in [0.15, 0.2) is 5.78 Å². The first kappa shape index (κ1) is 10.8. The molecule has 0 aromatic heterocycles. The molecule has 1 aromatic carbocycles. The van der Waals surface area contributed by atoms with Crippen molar-refractivity contribution in [3.8, 4) is 5.75 Å². The molecule has 0 N–H and O–H groups in total. The van der Waals surface area contributed by atoms with Gasteiger partial charge < -0.3 is 9.47 Å². The Balaban J connectivity index is 1.81. The molecular weight excluding hydrogens is 216 g/mol. The first-order chi connectivity index (χ1) is 8.28. The first-order valence-electron chi connectivity index (χ1n) is 6.11. The monoisotopic (exact) mass is 232 g/mol. The summed E-state index contributed by atoms with van der Waals surface area (Å²) in [5.41, 5.74) is 0.741. The van der Waals surface area contributed by atoms with Crippen LogP contribution in [-0.2, 0) is 4.74 Å². The standard InChI is InChI=1S/C14H16O3/c1-16-10-4-2-3-9(7-10)14(15)12-8-11-5-6-13(12)17-11/h2-4,7,11-13H,5-6,8H2,1H3. The Labute approximate surface area is 101 Å². The van der Waals surface area contributed by atoms with E-state index in [0.29, 0.717) is 6.10 Å². The van der Waals surface area contributed by atoms with E-state index in [1.165, 1.54) is 0 Å². The van der Waals surface area contributed by atoms with Gasteiger partial charge in [0.2, 0.25) is 0 Å². The number of Topliss-reactive ketones (excluding diaryl/α,β-unsaturated/α-hetero) is 1. The van der Waals surface area contributed by atoms with Crippen LogP contribution in [0.2, 0.25) is 0 Å². The zero-order valence-corrected chi connectivity index (χ0v) is 9.89. The lowest BCUT2D eigenvalue weighted by molar-refractivity contribution is 0.0743. The summed E-state index contributed by atoms with van der Waals surface area (Å²) in [4.78, 5) is 12.4. The van der Waals surface area contributed by atoms with E-state index in [1.54, 1.807) is 7.11 Å². The zero-order chi connectivity index (χ0) is 11.8. The molecule has 3 atom stereocenters. The molecule has 1 aromatic rings. The summed E-state index contributed by atoms with van der Waals surface area (Å²) < 4.78 is 10.9. The minimum atomic E-state index is 0.0563. The smallest absolute Gasteiger partial charge is 0.168 e. The molecule has 0 saturated carbocycles. The summed E-state index contributed by atoms with van der Waals surface area (Å²) in [6.45, 7) is 0. The number of carbonyl (C=O) groups is 1. The fourth-order valence-electron chi connectivity index (χ4n) is 2.90. The topological polar surface area (TPSA) is 35.5 Å². The fourth-order valence-corrected chi connectivity index (χ4v) is 2.90. The van der Waals surface area contributed by atoms with Gasteiger partial charge >= 0.3 is 0 Å². The minimum Gasteiger partial charge on any atom is -0.497 e. The largest absolute Gasteiger partial charge is 0.497 e. The second-order valence-corrected chi connectivity index (χ2v) is 4.81. The summed E-state index contributed by atoms with van der Waals surface area (Å²) in [5, 5.41) is 0. The highest BCUT2D eigenvalue weighted by molar-refractivity contribution is 5.98. The number of hydrogen-bond acceptors (Lipinski definition) is 3. The summed E-state index contributed by atoms with van der Waals surface area (Å²) in [5.74, 6) is 0.997. The van der Waals surface area contributed by atoms with Gasteiger partial charge in [-0.05, 0) is 31.4 Å². The Morgan fingerprint density at radius 3 is 2.94 bits per heavy atom. The molecule has 3 rings (SSSR count). The normalized spacial score (nSPS) is 30.5. The maximum absolute atomic E-state index is 12.4. The van der Waals surface area contributed by atoms with Gasteiger partial charge in [0.1, 0.15) is 5.75 Å². The van der Waals surface area contributed by atoms with Crippen LogP contribution in [0.4, 0.5) is 0 Å². The van der Waals surface area contributed by atoms with Crippen LogP contribution < -0.4 is 4.74 Å². The molecule has 0 spiro atoms. The first-order valence-corrected chi connectivity index (χ1v) is 6.11. The third-order valence-corrected chi connectivity index (χ3v) is 3.80. The number of ether oxygens (including phenoxy) is 2. The van der Waals surface area contributed by atoms with Crippen LogP contribution in [0.25, 0.3) is 0 Å². The third kappa shape index (κ3) is 1.84. The Kier molecular flexibility index (Phi) is 2.63. The number of hydrogen-bond donors (Lipinski definition) is 0. The molecule has 2 aliphatic rings. The molecule has 0 aliphatic carbocycles. The van der Waals surface area contributed by atoms with E-state index in [-0.39, 0.29) is 17.8 Å². The van der Waals surface area contributed by atoms with Gasteiger partial charge in [-0.15, -0.1) is 0 Å². The van der Waals surface area contributed by atoms with Gasteiger partial charge in [-0.1, -0.05) is 12.1 Å². The average Bonchev–Trinajstić information content (AvgIpc) is 3.00. The molecule has 2 fully saturated rings. The molecule has 2 aliphatic heterocycles. The third-order valence-electron chi connectivity index (χ3n) is 3.80. The van der Waals surface area contributed by atoms with Gasteiger partial charge in [-0.2, -0.15) is 0 Å². The van der Waals surface area contributed by atoms with Crippen LogP contribution in [0, 0.1) is 5.92 Å². The summed E-state index contributed by atoms with van der Waals surface area (Å²) in [6, 6.07) is 7.39. The number of fused-ring (bicyclic) bond motifs is 2. The lowest BCUT2D eigenvalue weighted by atomic mass is 9.84. The van der Waals surface area contributed by atoms with Crippen LogP contribution in [0.15, 0.2) is 24.3 Å². The van der Waals surface area contributed by atoms with Crippen molar-refractivity contribution in [3.63, 3.8) is 0 Å². The molecule has 0 amide bonds. The molecule has 3 nitrogen and oxygen atoms in total. The minimum absolute atomic E-state index is 0.0563. The predicted molar refractivity (Wildman–Crippen MR) is 63.3 cm³/mol. The number of carbonyl (C=O) groups excluding carboxylic acids is 1. The molecule has 2 bridgehead atoms. The average molecular weight is 232 g/mol. The van der Waals surface area contributed by atoms with E-state index >= 15 is 0 Å². The highest BCUT2D eigenvalue weighted by atomic mass is 16.5. The Hall–Kier alpha value is -1.35. The van der Waals surface area contributed by atoms with Crippen LogP contribution in [0.3, 0.4) is 0 Å². The molecule has 17 heavy (non-hydrogen) atoms. The van der Waals surface area contributed by atoms with Crippen LogP contribution in [0.5, 0.6) is 5.75 Å². The van der Waals surface area contributed by atoms with Crippen LogP contribution in [-0.4, -0.2) is 25.1 Å². The SMILES string of the molecule is COc1cccc(C(=O)C2CC3CCC2O3)c1. The van der Waals surface area contributed by atoms with Gasteiger partial charge in [0, 0.05) is 5.56 Å². The van der Waals surface area contributed by atoms with Crippen molar-refractivity contribution in [3.05, 3.63) is 29.8 Å². The molecule has 2 saturated heterocycles. The Bertz CT molecular complexity index is 441. The van der Waals surface area contributed by atoms with Crippen molar-refractivity contribution >= 4 is 5.78 Å². The highest BCUT2D eigenvalue weighted by Gasteiger charge is 2.44.